The molecular formula is C21H23N3O4S. The number of rotatable bonds is 7. The van der Waals surface area contributed by atoms with Crippen LogP contribution in [0.5, 0.6) is 0 Å². The van der Waals surface area contributed by atoms with Gasteiger partial charge in [-0.2, -0.15) is 0 Å². The van der Waals surface area contributed by atoms with Crippen LogP contribution < -0.4 is 10.0 Å². The van der Waals surface area contributed by atoms with Crippen molar-refractivity contribution >= 4 is 38.3 Å². The van der Waals surface area contributed by atoms with Crippen LogP contribution in [-0.2, 0) is 21.3 Å². The zero-order chi connectivity index (χ0) is 21.0. The smallest absolute Gasteiger partial charge is 0.341 e. The summed E-state index contributed by atoms with van der Waals surface area (Å²) >= 11 is 0. The molecule has 3 rings (SSSR count). The molecule has 0 radical (unpaired) electrons. The molecule has 1 heterocycles. The molecule has 0 atom stereocenters. The maximum absolute atomic E-state index is 12.5. The lowest BCUT2D eigenvalue weighted by Crippen LogP contribution is -2.14. The maximum Gasteiger partial charge on any atom is 0.341 e. The van der Waals surface area contributed by atoms with Gasteiger partial charge in [0, 0.05) is 18.1 Å². The molecule has 8 heteroatoms. The molecule has 0 aliphatic heterocycles. The van der Waals surface area contributed by atoms with E-state index in [1.807, 2.05) is 37.3 Å². The van der Waals surface area contributed by atoms with E-state index in [1.54, 1.807) is 19.1 Å². The average molecular weight is 413 g/mol. The van der Waals surface area contributed by atoms with Crippen molar-refractivity contribution in [1.82, 2.24) is 4.98 Å². The maximum atomic E-state index is 12.5. The van der Waals surface area contributed by atoms with Crippen molar-refractivity contribution in [2.45, 2.75) is 20.4 Å². The fraction of sp³-hybridized carbons (Fsp3) is 0.238. The molecule has 0 bridgehead atoms. The largest absolute Gasteiger partial charge is 0.462 e. The van der Waals surface area contributed by atoms with Crippen LogP contribution in [0.15, 0.2) is 48.7 Å². The van der Waals surface area contributed by atoms with E-state index in [0.29, 0.717) is 23.5 Å². The summed E-state index contributed by atoms with van der Waals surface area (Å²) < 4.78 is 31.0. The standard InChI is InChI=1S/C21H23N3O4S/c1-4-28-21(25)17-13-22-19-10-9-14(2)11-16(19)20(17)23-12-15-7-5-6-8-18(15)24-29(3,26)27/h5-11,13,24H,4,12H2,1-3H3,(H,22,23). The van der Waals surface area contributed by atoms with Crippen LogP contribution in [0, 0.1) is 6.92 Å². The van der Waals surface area contributed by atoms with E-state index >= 15 is 0 Å². The lowest BCUT2D eigenvalue weighted by Gasteiger charge is -2.16. The lowest BCUT2D eigenvalue weighted by molar-refractivity contribution is 0.0527. The van der Waals surface area contributed by atoms with Crippen LogP contribution in [0.1, 0.15) is 28.4 Å². The van der Waals surface area contributed by atoms with E-state index in [-0.39, 0.29) is 6.61 Å². The molecule has 152 valence electrons. The number of aromatic nitrogens is 1. The number of ether oxygens (including phenoxy) is 1. The van der Waals surface area contributed by atoms with Gasteiger partial charge < -0.3 is 10.1 Å². The van der Waals surface area contributed by atoms with Gasteiger partial charge in [-0.15, -0.1) is 0 Å². The zero-order valence-corrected chi connectivity index (χ0v) is 17.3. The van der Waals surface area contributed by atoms with Gasteiger partial charge in [0.15, 0.2) is 0 Å². The van der Waals surface area contributed by atoms with Gasteiger partial charge in [0.1, 0.15) is 5.56 Å². The molecule has 3 aromatic rings. The van der Waals surface area contributed by atoms with E-state index in [9.17, 15) is 13.2 Å². The van der Waals surface area contributed by atoms with E-state index in [1.165, 1.54) is 6.20 Å². The molecule has 29 heavy (non-hydrogen) atoms. The van der Waals surface area contributed by atoms with Gasteiger partial charge in [-0.1, -0.05) is 29.8 Å². The van der Waals surface area contributed by atoms with Gasteiger partial charge in [-0.3, -0.25) is 9.71 Å². The number of para-hydroxylation sites is 1. The highest BCUT2D eigenvalue weighted by Crippen LogP contribution is 2.29. The Bertz CT molecular complexity index is 1160. The highest BCUT2D eigenvalue weighted by Gasteiger charge is 2.17. The molecule has 2 N–H and O–H groups in total. The summed E-state index contributed by atoms with van der Waals surface area (Å²) in [5.74, 6) is -0.464. The molecule has 0 saturated heterocycles. The minimum Gasteiger partial charge on any atom is -0.462 e. The van der Waals surface area contributed by atoms with E-state index in [4.69, 9.17) is 4.74 Å². The highest BCUT2D eigenvalue weighted by atomic mass is 32.2. The first-order chi connectivity index (χ1) is 13.8. The highest BCUT2D eigenvalue weighted by molar-refractivity contribution is 7.92. The van der Waals surface area contributed by atoms with Gasteiger partial charge in [-0.25, -0.2) is 13.2 Å². The Balaban J connectivity index is 2.02. The number of sulfonamides is 1. The average Bonchev–Trinajstić information content (AvgIpc) is 2.66. The van der Waals surface area contributed by atoms with Crippen LogP contribution in [0.4, 0.5) is 11.4 Å². The molecule has 1 aromatic heterocycles. The number of aryl methyl sites for hydroxylation is 1. The summed E-state index contributed by atoms with van der Waals surface area (Å²) in [6.45, 7) is 4.27. The molecule has 7 nitrogen and oxygen atoms in total. The molecule has 0 saturated carbocycles. The van der Waals surface area contributed by atoms with Crippen molar-refractivity contribution < 1.29 is 17.9 Å². The second-order valence-corrected chi connectivity index (χ2v) is 8.42. The van der Waals surface area contributed by atoms with Crippen molar-refractivity contribution in [3.63, 3.8) is 0 Å². The fourth-order valence-electron chi connectivity index (χ4n) is 3.02. The van der Waals surface area contributed by atoms with Crippen molar-refractivity contribution in [3.05, 3.63) is 65.4 Å². The van der Waals surface area contributed by atoms with E-state index in [0.717, 1.165) is 28.3 Å². The third-order valence-corrected chi connectivity index (χ3v) is 4.88. The molecule has 0 fully saturated rings. The van der Waals surface area contributed by atoms with Gasteiger partial charge in [0.2, 0.25) is 10.0 Å². The SMILES string of the molecule is CCOC(=O)c1cnc2ccc(C)cc2c1NCc1ccccc1NS(C)(=O)=O. The summed E-state index contributed by atoms with van der Waals surface area (Å²) in [5.41, 5.74) is 3.93. The van der Waals surface area contributed by atoms with Gasteiger partial charge in [0.25, 0.3) is 0 Å². The predicted molar refractivity (Wildman–Crippen MR) is 115 cm³/mol. The Morgan fingerprint density at radius 3 is 2.66 bits per heavy atom. The number of carbonyl (C=O) groups is 1. The number of hydrogen-bond acceptors (Lipinski definition) is 6. The number of anilines is 2. The fourth-order valence-corrected chi connectivity index (χ4v) is 3.62. The summed E-state index contributed by atoms with van der Waals surface area (Å²) in [5, 5.41) is 4.09. The number of fused-ring (bicyclic) bond motifs is 1. The third kappa shape index (κ3) is 5.03. The summed E-state index contributed by atoms with van der Waals surface area (Å²) in [6, 6.07) is 12.9. The zero-order valence-electron chi connectivity index (χ0n) is 16.5. The second kappa shape index (κ2) is 8.48. The number of carbonyl (C=O) groups excluding carboxylic acids is 1. The van der Waals surface area contributed by atoms with Crippen molar-refractivity contribution in [2.24, 2.45) is 0 Å². The molecule has 0 spiro atoms. The lowest BCUT2D eigenvalue weighted by atomic mass is 10.1. The Labute approximate surface area is 170 Å². The van der Waals surface area contributed by atoms with Gasteiger partial charge >= 0.3 is 5.97 Å². The van der Waals surface area contributed by atoms with Crippen LogP contribution in [0.3, 0.4) is 0 Å². The van der Waals surface area contributed by atoms with Crippen LogP contribution in [0.2, 0.25) is 0 Å². The van der Waals surface area contributed by atoms with Crippen LogP contribution >= 0.6 is 0 Å². The molecule has 0 amide bonds. The Morgan fingerprint density at radius 2 is 1.93 bits per heavy atom. The summed E-state index contributed by atoms with van der Waals surface area (Å²) in [7, 11) is -3.41. The number of hydrogen-bond donors (Lipinski definition) is 2. The minimum atomic E-state index is -3.41. The Morgan fingerprint density at radius 1 is 1.17 bits per heavy atom. The normalized spacial score (nSPS) is 11.3. The van der Waals surface area contributed by atoms with Crippen molar-refractivity contribution in [3.8, 4) is 0 Å². The number of pyridine rings is 1. The first-order valence-corrected chi connectivity index (χ1v) is 11.0. The molecule has 0 aliphatic rings. The van der Waals surface area contributed by atoms with Crippen LogP contribution in [0.25, 0.3) is 10.9 Å². The topological polar surface area (TPSA) is 97.4 Å². The molecule has 0 unspecified atom stereocenters. The molecule has 2 aromatic carbocycles. The van der Waals surface area contributed by atoms with E-state index < -0.39 is 16.0 Å². The van der Waals surface area contributed by atoms with Gasteiger partial charge in [-0.05, 0) is 37.6 Å². The third-order valence-electron chi connectivity index (χ3n) is 4.29. The van der Waals surface area contributed by atoms with Crippen molar-refractivity contribution in [2.75, 3.05) is 22.9 Å². The number of nitrogens with one attached hydrogen (secondary N) is 2. The first-order valence-electron chi connectivity index (χ1n) is 9.14. The quantitative estimate of drug-likeness (QED) is 0.573. The Hall–Kier alpha value is -3.13. The molecule has 0 aliphatic carbocycles. The first kappa shape index (κ1) is 20.6. The van der Waals surface area contributed by atoms with Gasteiger partial charge in [0.05, 0.1) is 29.8 Å². The summed E-state index contributed by atoms with van der Waals surface area (Å²) in [6.07, 6.45) is 2.61. The number of nitrogens with zero attached hydrogens (tertiary/aromatic N) is 1. The predicted octanol–water partition coefficient (Wildman–Crippen LogP) is 3.70. The minimum absolute atomic E-state index is 0.255. The van der Waals surface area contributed by atoms with Crippen LogP contribution in [-0.4, -0.2) is 32.2 Å². The monoisotopic (exact) mass is 413 g/mol. The number of benzene rings is 2. The number of esters is 1. The summed E-state index contributed by atoms with van der Waals surface area (Å²) in [4.78, 5) is 16.8. The van der Waals surface area contributed by atoms with Crippen molar-refractivity contribution in [1.29, 1.82) is 0 Å². The van der Waals surface area contributed by atoms with E-state index in [2.05, 4.69) is 15.0 Å². The Kier molecular flexibility index (Phi) is 6.03. The molecular weight excluding hydrogens is 390 g/mol. The second-order valence-electron chi connectivity index (χ2n) is 6.67.